The second kappa shape index (κ2) is 9.23. The maximum atomic E-state index is 14.3. The molecule has 0 radical (unpaired) electrons. The summed E-state index contributed by atoms with van der Waals surface area (Å²) >= 11 is 0. The van der Waals surface area contributed by atoms with Crippen molar-refractivity contribution in [3.63, 3.8) is 0 Å². The van der Waals surface area contributed by atoms with Crippen molar-refractivity contribution in [3.8, 4) is 0 Å². The van der Waals surface area contributed by atoms with Crippen molar-refractivity contribution in [3.05, 3.63) is 71.9 Å². The fraction of sp³-hybridized carbons (Fsp3) is 0.375. The molecular weight excluding hydrogens is 448 g/mol. The lowest BCUT2D eigenvalue weighted by molar-refractivity contribution is 0.0473. The molecule has 2 N–H and O–H groups in total. The van der Waals surface area contributed by atoms with E-state index in [0.29, 0.717) is 35.0 Å². The van der Waals surface area contributed by atoms with Gasteiger partial charge in [0.2, 0.25) is 10.0 Å². The highest BCUT2D eigenvalue weighted by atomic mass is 32.2. The molecule has 1 heterocycles. The molecule has 33 heavy (non-hydrogen) atoms. The third-order valence-electron chi connectivity index (χ3n) is 5.91. The van der Waals surface area contributed by atoms with Crippen molar-refractivity contribution < 1.29 is 22.3 Å². The molecule has 0 saturated carbocycles. The normalized spacial score (nSPS) is 15.6. The number of aliphatic hydroxyl groups excluding tert-OH is 1. The highest BCUT2D eigenvalue weighted by molar-refractivity contribution is 7.92. The summed E-state index contributed by atoms with van der Waals surface area (Å²) < 4.78 is 56.4. The Morgan fingerprint density at radius 2 is 1.79 bits per heavy atom. The quantitative estimate of drug-likeness (QED) is 0.425. The number of sulfonamides is 1. The average Bonchev–Trinajstić information content (AvgIpc) is 3.19. The van der Waals surface area contributed by atoms with E-state index in [1.807, 2.05) is 13.8 Å². The van der Waals surface area contributed by atoms with Crippen molar-refractivity contribution >= 4 is 26.6 Å². The van der Waals surface area contributed by atoms with Crippen LogP contribution < -0.4 is 4.72 Å². The predicted molar refractivity (Wildman–Crippen MR) is 127 cm³/mol. The molecule has 2 atom stereocenters. The number of hydrogen-bond donors (Lipinski definition) is 2. The summed E-state index contributed by atoms with van der Waals surface area (Å²) in [5, 5.41) is 16.3. The molecule has 2 unspecified atom stereocenters. The van der Waals surface area contributed by atoms with Crippen LogP contribution in [-0.4, -0.2) is 35.7 Å². The Balaban J connectivity index is 2.22. The van der Waals surface area contributed by atoms with Gasteiger partial charge in [-0.3, -0.25) is 9.40 Å². The van der Waals surface area contributed by atoms with Crippen LogP contribution in [0.15, 0.2) is 60.8 Å². The molecule has 0 fully saturated rings. The Bertz CT molecular complexity index is 1250. The van der Waals surface area contributed by atoms with Crippen molar-refractivity contribution in [1.82, 2.24) is 9.78 Å². The molecular formula is C24H29F2N3O3S. The third-order valence-corrected chi connectivity index (χ3v) is 6.50. The maximum Gasteiger partial charge on any atom is 0.291 e. The van der Waals surface area contributed by atoms with Crippen LogP contribution in [0.2, 0.25) is 0 Å². The minimum Gasteiger partial charge on any atom is -0.390 e. The highest BCUT2D eigenvalue weighted by Gasteiger charge is 2.41. The van der Waals surface area contributed by atoms with Gasteiger partial charge in [-0.25, -0.2) is 8.42 Å². The van der Waals surface area contributed by atoms with Gasteiger partial charge < -0.3 is 5.11 Å². The van der Waals surface area contributed by atoms with Gasteiger partial charge >= 0.3 is 0 Å². The molecule has 0 aliphatic heterocycles. The van der Waals surface area contributed by atoms with E-state index in [1.54, 1.807) is 41.2 Å². The van der Waals surface area contributed by atoms with Crippen LogP contribution >= 0.6 is 0 Å². The first-order valence-corrected chi connectivity index (χ1v) is 12.6. The van der Waals surface area contributed by atoms with E-state index in [2.05, 4.69) is 9.82 Å². The predicted octanol–water partition coefficient (Wildman–Crippen LogP) is 5.00. The smallest absolute Gasteiger partial charge is 0.291 e. The van der Waals surface area contributed by atoms with E-state index in [9.17, 15) is 22.3 Å². The Labute approximate surface area is 193 Å². The molecule has 0 amide bonds. The standard InChI is InChI=1S/C24H29F2N3O3S/c1-5-15-24(25,26)18-13-11-17(12-14-18)23(7-3,22(30)6-2)29-21-10-8-9-20(19(21)16-27-29)28-33(4,31)32/h5,8-16,22,28,30H,6-7H2,1-4H3/b15-5+. The summed E-state index contributed by atoms with van der Waals surface area (Å²) in [5.41, 5.74) is 0.422. The highest BCUT2D eigenvalue weighted by Crippen LogP contribution is 2.40. The number of anilines is 1. The zero-order valence-electron chi connectivity index (χ0n) is 19.1. The molecule has 1 aromatic heterocycles. The minimum absolute atomic E-state index is 0.148. The Morgan fingerprint density at radius 3 is 2.33 bits per heavy atom. The van der Waals surface area contributed by atoms with E-state index < -0.39 is 27.6 Å². The first kappa shape index (κ1) is 24.9. The summed E-state index contributed by atoms with van der Waals surface area (Å²) in [5.74, 6) is -3.10. The van der Waals surface area contributed by atoms with Crippen LogP contribution in [0.1, 0.15) is 44.7 Å². The fourth-order valence-electron chi connectivity index (χ4n) is 4.33. The first-order valence-electron chi connectivity index (χ1n) is 10.8. The van der Waals surface area contributed by atoms with Crippen LogP contribution in [0, 0.1) is 0 Å². The molecule has 0 aliphatic carbocycles. The number of hydrogen-bond acceptors (Lipinski definition) is 4. The zero-order valence-corrected chi connectivity index (χ0v) is 19.9. The molecule has 0 spiro atoms. The molecule has 0 saturated heterocycles. The maximum absolute atomic E-state index is 14.3. The Hall–Kier alpha value is -2.78. The van der Waals surface area contributed by atoms with E-state index >= 15 is 0 Å². The number of nitrogens with zero attached hydrogens (tertiary/aromatic N) is 2. The summed E-state index contributed by atoms with van der Waals surface area (Å²) in [7, 11) is -3.51. The van der Waals surface area contributed by atoms with E-state index in [4.69, 9.17) is 0 Å². The number of aliphatic hydroxyl groups is 1. The molecule has 9 heteroatoms. The number of alkyl halides is 2. The second-order valence-corrected chi connectivity index (χ2v) is 9.82. The van der Waals surface area contributed by atoms with Crippen LogP contribution in [0.3, 0.4) is 0 Å². The monoisotopic (exact) mass is 477 g/mol. The number of fused-ring (bicyclic) bond motifs is 1. The van der Waals surface area contributed by atoms with E-state index in [1.165, 1.54) is 25.1 Å². The number of rotatable bonds is 9. The first-order chi connectivity index (χ1) is 15.5. The lowest BCUT2D eigenvalue weighted by Gasteiger charge is -2.39. The summed E-state index contributed by atoms with van der Waals surface area (Å²) in [6.07, 6.45) is 4.71. The topological polar surface area (TPSA) is 84.2 Å². The summed E-state index contributed by atoms with van der Waals surface area (Å²) in [4.78, 5) is 0. The van der Waals surface area contributed by atoms with E-state index in [-0.39, 0.29) is 5.56 Å². The van der Waals surface area contributed by atoms with Gasteiger partial charge in [-0.05, 0) is 43.5 Å². The number of halogens is 2. The van der Waals surface area contributed by atoms with E-state index in [0.717, 1.165) is 12.3 Å². The second-order valence-electron chi connectivity index (χ2n) is 8.07. The van der Waals surface area contributed by atoms with Gasteiger partial charge in [-0.2, -0.15) is 13.9 Å². The molecule has 0 aliphatic rings. The summed E-state index contributed by atoms with van der Waals surface area (Å²) in [6.45, 7) is 5.27. The molecule has 6 nitrogen and oxygen atoms in total. The minimum atomic E-state index is -3.51. The molecule has 3 aromatic rings. The van der Waals surface area contributed by atoms with Crippen molar-refractivity contribution in [2.45, 2.75) is 51.2 Å². The van der Waals surface area contributed by atoms with Gasteiger partial charge in [0, 0.05) is 10.9 Å². The number of aromatic nitrogens is 2. The van der Waals surface area contributed by atoms with Gasteiger partial charge in [0.25, 0.3) is 5.92 Å². The summed E-state index contributed by atoms with van der Waals surface area (Å²) in [6, 6.07) is 11.1. The fourth-order valence-corrected chi connectivity index (χ4v) is 4.90. The number of allylic oxidation sites excluding steroid dienone is 2. The SMILES string of the molecule is C/C=C/C(F)(F)c1ccc(C(CC)(C(O)CC)n2ncc3c(NS(C)(=O)=O)cccc32)cc1. The van der Waals surface area contributed by atoms with Crippen LogP contribution in [0.4, 0.5) is 14.5 Å². The van der Waals surface area contributed by atoms with Crippen molar-refractivity contribution in [2.24, 2.45) is 0 Å². The number of nitrogens with one attached hydrogen (secondary N) is 1. The van der Waals surface area contributed by atoms with Crippen LogP contribution in [-0.2, 0) is 21.5 Å². The lowest BCUT2D eigenvalue weighted by Crippen LogP contribution is -2.46. The van der Waals surface area contributed by atoms with Gasteiger partial charge in [-0.15, -0.1) is 0 Å². The Kier molecular flexibility index (Phi) is 6.95. The van der Waals surface area contributed by atoms with Gasteiger partial charge in [0.1, 0.15) is 5.54 Å². The molecule has 0 bridgehead atoms. The number of benzene rings is 2. The largest absolute Gasteiger partial charge is 0.390 e. The Morgan fingerprint density at radius 1 is 1.15 bits per heavy atom. The average molecular weight is 478 g/mol. The van der Waals surface area contributed by atoms with Crippen LogP contribution in [0.5, 0.6) is 0 Å². The third kappa shape index (κ3) is 4.65. The van der Waals surface area contributed by atoms with Crippen molar-refractivity contribution in [2.75, 3.05) is 11.0 Å². The van der Waals surface area contributed by atoms with Gasteiger partial charge in [0.05, 0.1) is 29.8 Å². The van der Waals surface area contributed by atoms with Gasteiger partial charge in [0.15, 0.2) is 0 Å². The van der Waals surface area contributed by atoms with Crippen LogP contribution in [0.25, 0.3) is 10.9 Å². The molecule has 3 rings (SSSR count). The van der Waals surface area contributed by atoms with Crippen molar-refractivity contribution in [1.29, 1.82) is 0 Å². The molecule has 2 aromatic carbocycles. The lowest BCUT2D eigenvalue weighted by atomic mass is 9.80. The molecule has 178 valence electrons. The zero-order chi connectivity index (χ0) is 24.4. The van der Waals surface area contributed by atoms with Gasteiger partial charge in [-0.1, -0.05) is 50.3 Å².